The monoisotopic (exact) mass is 458 g/mol. The van der Waals surface area contributed by atoms with Gasteiger partial charge in [-0.3, -0.25) is 9.59 Å². The predicted octanol–water partition coefficient (Wildman–Crippen LogP) is 3.32. The van der Waals surface area contributed by atoms with Gasteiger partial charge in [-0.05, 0) is 29.3 Å². The third-order valence-electron chi connectivity index (χ3n) is 4.98. The fourth-order valence-electron chi connectivity index (χ4n) is 3.14. The lowest BCUT2D eigenvalue weighted by molar-refractivity contribution is -0.141. The molecular weight excluding hydrogens is 428 g/mol. The van der Waals surface area contributed by atoms with E-state index in [-0.39, 0.29) is 29.7 Å². The lowest BCUT2D eigenvalue weighted by Crippen LogP contribution is -2.31. The lowest BCUT2D eigenvalue weighted by atomic mass is 10.2. The molecule has 8 heteroatoms. The molecule has 0 unspecified atom stereocenters. The van der Waals surface area contributed by atoms with Crippen LogP contribution >= 0.6 is 0 Å². The van der Waals surface area contributed by atoms with Gasteiger partial charge in [0.2, 0.25) is 15.9 Å². The van der Waals surface area contributed by atoms with E-state index in [9.17, 15) is 18.0 Å². The maximum atomic E-state index is 12.8. The van der Waals surface area contributed by atoms with Crippen LogP contribution in [-0.4, -0.2) is 56.2 Å². The fraction of sp³-hybridized carbons (Fsp3) is 0.333. The van der Waals surface area contributed by atoms with Crippen LogP contribution in [-0.2, 0) is 30.9 Å². The number of carbonyl (C=O) groups excluding carboxylic acids is 2. The molecule has 2 rings (SSSR count). The van der Waals surface area contributed by atoms with Crippen LogP contribution in [0.2, 0.25) is 0 Å². The highest BCUT2D eigenvalue weighted by Crippen LogP contribution is 2.17. The van der Waals surface area contributed by atoms with Gasteiger partial charge in [-0.15, -0.1) is 0 Å². The second-order valence-electron chi connectivity index (χ2n) is 7.06. The first-order valence-electron chi connectivity index (χ1n) is 10.5. The topological polar surface area (TPSA) is 84.0 Å². The zero-order valence-corrected chi connectivity index (χ0v) is 19.5. The Bertz CT molecular complexity index is 1010. The Kier molecular flexibility index (Phi) is 9.61. The van der Waals surface area contributed by atoms with Gasteiger partial charge < -0.3 is 9.64 Å². The zero-order valence-electron chi connectivity index (χ0n) is 18.7. The SMILES string of the molecule is CCN(CC)S(=O)(=O)c1ccc(/C=C/C(=O)N(CCC(=O)OC)Cc2ccccc2)cc1. The van der Waals surface area contributed by atoms with Crippen molar-refractivity contribution in [3.63, 3.8) is 0 Å². The molecule has 2 aromatic carbocycles. The molecule has 7 nitrogen and oxygen atoms in total. The maximum absolute atomic E-state index is 12.8. The van der Waals surface area contributed by atoms with Crippen molar-refractivity contribution in [3.05, 3.63) is 71.8 Å². The zero-order chi connectivity index (χ0) is 23.6. The first kappa shape index (κ1) is 25.3. The van der Waals surface area contributed by atoms with E-state index in [1.54, 1.807) is 37.0 Å². The number of benzene rings is 2. The van der Waals surface area contributed by atoms with Crippen LogP contribution in [0.25, 0.3) is 6.08 Å². The Morgan fingerprint density at radius 1 is 0.969 bits per heavy atom. The molecule has 0 spiro atoms. The van der Waals surface area contributed by atoms with Gasteiger partial charge >= 0.3 is 5.97 Å². The third-order valence-corrected chi connectivity index (χ3v) is 7.05. The van der Waals surface area contributed by atoms with Crippen LogP contribution in [0.3, 0.4) is 0 Å². The highest BCUT2D eigenvalue weighted by atomic mass is 32.2. The van der Waals surface area contributed by atoms with E-state index in [0.29, 0.717) is 25.2 Å². The number of hydrogen-bond acceptors (Lipinski definition) is 5. The van der Waals surface area contributed by atoms with Crippen LogP contribution < -0.4 is 0 Å². The Labute approximate surface area is 190 Å². The smallest absolute Gasteiger partial charge is 0.307 e. The number of methoxy groups -OCH3 is 1. The molecule has 1 amide bonds. The number of hydrogen-bond donors (Lipinski definition) is 0. The van der Waals surface area contributed by atoms with Gasteiger partial charge in [-0.2, -0.15) is 4.31 Å². The summed E-state index contributed by atoms with van der Waals surface area (Å²) in [4.78, 5) is 26.1. The number of ether oxygens (including phenoxy) is 1. The van der Waals surface area contributed by atoms with E-state index < -0.39 is 10.0 Å². The second kappa shape index (κ2) is 12.2. The van der Waals surface area contributed by atoms with Gasteiger partial charge in [0.1, 0.15) is 0 Å². The van der Waals surface area contributed by atoms with Crippen molar-refractivity contribution in [1.82, 2.24) is 9.21 Å². The molecule has 0 saturated heterocycles. The average molecular weight is 459 g/mol. The minimum absolute atomic E-state index is 0.0980. The Morgan fingerprint density at radius 3 is 2.16 bits per heavy atom. The number of nitrogens with zero attached hydrogens (tertiary/aromatic N) is 2. The van der Waals surface area contributed by atoms with Gasteiger partial charge in [-0.1, -0.05) is 56.3 Å². The summed E-state index contributed by atoms with van der Waals surface area (Å²) < 4.78 is 31.3. The first-order chi connectivity index (χ1) is 15.3. The largest absolute Gasteiger partial charge is 0.469 e. The summed E-state index contributed by atoms with van der Waals surface area (Å²) in [5, 5.41) is 0. The molecule has 0 aliphatic heterocycles. The van der Waals surface area contributed by atoms with Crippen molar-refractivity contribution in [1.29, 1.82) is 0 Å². The predicted molar refractivity (Wildman–Crippen MR) is 124 cm³/mol. The summed E-state index contributed by atoms with van der Waals surface area (Å²) in [6, 6.07) is 15.9. The molecule has 0 aliphatic rings. The Hall–Kier alpha value is -2.97. The maximum Gasteiger partial charge on any atom is 0.307 e. The molecule has 0 N–H and O–H groups in total. The van der Waals surface area contributed by atoms with Crippen molar-refractivity contribution in [3.8, 4) is 0 Å². The van der Waals surface area contributed by atoms with Crippen LogP contribution in [0.5, 0.6) is 0 Å². The summed E-state index contributed by atoms with van der Waals surface area (Å²) in [6.07, 6.45) is 3.15. The highest BCUT2D eigenvalue weighted by Gasteiger charge is 2.21. The van der Waals surface area contributed by atoms with Gasteiger partial charge in [0, 0.05) is 32.3 Å². The standard InChI is InChI=1S/C24H30N2O5S/c1-4-26(5-2)32(29,30)22-14-11-20(12-15-22)13-16-23(27)25(18-17-24(28)31-3)19-21-9-7-6-8-10-21/h6-16H,4-5,17-19H2,1-3H3/b16-13+. The van der Waals surface area contributed by atoms with Crippen molar-refractivity contribution in [2.24, 2.45) is 0 Å². The molecule has 0 radical (unpaired) electrons. The minimum Gasteiger partial charge on any atom is -0.469 e. The van der Waals surface area contributed by atoms with Crippen molar-refractivity contribution < 1.29 is 22.7 Å². The van der Waals surface area contributed by atoms with E-state index in [2.05, 4.69) is 4.74 Å². The summed E-state index contributed by atoms with van der Waals surface area (Å²) in [7, 11) is -2.21. The number of rotatable bonds is 11. The summed E-state index contributed by atoms with van der Waals surface area (Å²) in [5.41, 5.74) is 1.65. The van der Waals surface area contributed by atoms with Gasteiger partial charge in [0.05, 0.1) is 18.4 Å². The molecule has 2 aromatic rings. The normalized spacial score (nSPS) is 11.6. The van der Waals surface area contributed by atoms with E-state index in [1.165, 1.54) is 29.6 Å². The quantitative estimate of drug-likeness (QED) is 0.381. The Balaban J connectivity index is 2.14. The van der Waals surface area contributed by atoms with E-state index in [4.69, 9.17) is 0 Å². The molecule has 0 atom stereocenters. The third kappa shape index (κ3) is 7.03. The Morgan fingerprint density at radius 2 is 1.59 bits per heavy atom. The van der Waals surface area contributed by atoms with Gasteiger partial charge in [-0.25, -0.2) is 8.42 Å². The van der Waals surface area contributed by atoms with Crippen LogP contribution in [0.15, 0.2) is 65.6 Å². The molecule has 32 heavy (non-hydrogen) atoms. The van der Waals surface area contributed by atoms with E-state index in [0.717, 1.165) is 5.56 Å². The van der Waals surface area contributed by atoms with E-state index in [1.807, 2.05) is 30.3 Å². The molecule has 0 bridgehead atoms. The van der Waals surface area contributed by atoms with Gasteiger partial charge in [0.15, 0.2) is 0 Å². The minimum atomic E-state index is -3.53. The number of carbonyl (C=O) groups is 2. The number of esters is 1. The molecular formula is C24H30N2O5S. The fourth-order valence-corrected chi connectivity index (χ4v) is 4.59. The molecule has 0 heterocycles. The van der Waals surface area contributed by atoms with Crippen molar-refractivity contribution >= 4 is 28.0 Å². The average Bonchev–Trinajstić information content (AvgIpc) is 2.81. The van der Waals surface area contributed by atoms with E-state index >= 15 is 0 Å². The highest BCUT2D eigenvalue weighted by molar-refractivity contribution is 7.89. The van der Waals surface area contributed by atoms with Crippen LogP contribution in [0.4, 0.5) is 0 Å². The number of sulfonamides is 1. The molecule has 0 aliphatic carbocycles. The van der Waals surface area contributed by atoms with Crippen molar-refractivity contribution in [2.75, 3.05) is 26.7 Å². The van der Waals surface area contributed by atoms with Gasteiger partial charge in [0.25, 0.3) is 0 Å². The number of amides is 1. The van der Waals surface area contributed by atoms with Crippen molar-refractivity contribution in [2.45, 2.75) is 31.7 Å². The van der Waals surface area contributed by atoms with Crippen LogP contribution in [0, 0.1) is 0 Å². The molecule has 172 valence electrons. The second-order valence-corrected chi connectivity index (χ2v) is 9.00. The summed E-state index contributed by atoms with van der Waals surface area (Å²) in [5.74, 6) is -0.637. The first-order valence-corrected chi connectivity index (χ1v) is 11.9. The summed E-state index contributed by atoms with van der Waals surface area (Å²) in [6.45, 7) is 4.99. The molecule has 0 saturated carbocycles. The lowest BCUT2D eigenvalue weighted by Gasteiger charge is -2.21. The molecule has 0 fully saturated rings. The van der Waals surface area contributed by atoms with Crippen LogP contribution in [0.1, 0.15) is 31.4 Å². The summed E-state index contributed by atoms with van der Waals surface area (Å²) >= 11 is 0. The molecule has 0 aromatic heterocycles.